The average Bonchev–Trinajstić information content (AvgIpc) is 2.75. The van der Waals surface area contributed by atoms with Crippen molar-refractivity contribution in [2.45, 2.75) is 19.3 Å². The summed E-state index contributed by atoms with van der Waals surface area (Å²) in [5.41, 5.74) is 1.12. The minimum Gasteiger partial charge on any atom is -0.485 e. The number of hydrogen-bond donors (Lipinski definition) is 1. The third-order valence-electron chi connectivity index (χ3n) is 4.71. The summed E-state index contributed by atoms with van der Waals surface area (Å²) in [6.07, 6.45) is 4.67. The number of ether oxygens (including phenoxy) is 3. The first-order chi connectivity index (χ1) is 13.7. The van der Waals surface area contributed by atoms with Gasteiger partial charge in [0.1, 0.15) is 18.2 Å². The Hall–Kier alpha value is -2.74. The fourth-order valence-corrected chi connectivity index (χ4v) is 3.51. The van der Waals surface area contributed by atoms with Crippen LogP contribution in [0.15, 0.2) is 18.3 Å². The number of anilines is 2. The zero-order valence-corrected chi connectivity index (χ0v) is 16.3. The molecule has 0 aliphatic carbocycles. The molecule has 2 aliphatic rings. The number of nitrogens with zero attached hydrogens (tertiary/aromatic N) is 3. The van der Waals surface area contributed by atoms with Crippen molar-refractivity contribution in [3.63, 3.8) is 0 Å². The van der Waals surface area contributed by atoms with Crippen molar-refractivity contribution in [3.8, 4) is 17.4 Å². The summed E-state index contributed by atoms with van der Waals surface area (Å²) >= 11 is 5.98. The van der Waals surface area contributed by atoms with Gasteiger partial charge in [-0.15, -0.1) is 0 Å². The lowest BCUT2D eigenvalue weighted by Crippen LogP contribution is -2.36. The number of benzene rings is 1. The molecule has 0 spiro atoms. The predicted molar refractivity (Wildman–Crippen MR) is 104 cm³/mol. The molecule has 8 nitrogen and oxygen atoms in total. The molecular formula is C19H21ClN4O4. The normalized spacial score (nSPS) is 15.9. The van der Waals surface area contributed by atoms with E-state index in [1.54, 1.807) is 12.1 Å². The van der Waals surface area contributed by atoms with Crippen LogP contribution in [0.5, 0.6) is 17.4 Å². The second-order valence-corrected chi connectivity index (χ2v) is 6.95. The van der Waals surface area contributed by atoms with Crippen molar-refractivity contribution in [2.24, 2.45) is 0 Å². The highest BCUT2D eigenvalue weighted by Gasteiger charge is 2.28. The molecule has 1 fully saturated rings. The highest BCUT2D eigenvalue weighted by molar-refractivity contribution is 6.31. The van der Waals surface area contributed by atoms with E-state index in [1.807, 2.05) is 4.90 Å². The zero-order valence-electron chi connectivity index (χ0n) is 15.5. The number of nitrogens with one attached hydrogen (secondary N) is 1. The van der Waals surface area contributed by atoms with Crippen molar-refractivity contribution in [3.05, 3.63) is 28.9 Å². The number of amides is 1. The summed E-state index contributed by atoms with van der Waals surface area (Å²) in [6.45, 7) is 2.33. The molecule has 0 saturated carbocycles. The Kier molecular flexibility index (Phi) is 5.38. The Balaban J connectivity index is 1.65. The smallest absolute Gasteiger partial charge is 0.257 e. The van der Waals surface area contributed by atoms with E-state index in [4.69, 9.17) is 25.8 Å². The SMILES string of the molecule is COc1nc(Nc2ccc(C(=O)N3CCCCC3)c3c2OCCO3)ncc1Cl. The number of carbonyl (C=O) groups excluding carboxylic acids is 1. The molecule has 148 valence electrons. The van der Waals surface area contributed by atoms with Gasteiger partial charge in [-0.3, -0.25) is 4.79 Å². The first kappa shape index (κ1) is 18.6. The van der Waals surface area contributed by atoms with Crippen LogP contribution in [-0.2, 0) is 0 Å². The second-order valence-electron chi connectivity index (χ2n) is 6.54. The summed E-state index contributed by atoms with van der Waals surface area (Å²) in [5, 5.41) is 3.41. The third-order valence-corrected chi connectivity index (χ3v) is 4.97. The molecule has 0 radical (unpaired) electrons. The number of halogens is 1. The molecule has 3 heterocycles. The lowest BCUT2D eigenvalue weighted by molar-refractivity contribution is 0.0714. The Morgan fingerprint density at radius 3 is 2.68 bits per heavy atom. The van der Waals surface area contributed by atoms with Gasteiger partial charge in [0, 0.05) is 13.1 Å². The number of fused-ring (bicyclic) bond motifs is 1. The zero-order chi connectivity index (χ0) is 19.5. The van der Waals surface area contributed by atoms with E-state index >= 15 is 0 Å². The number of piperidine rings is 1. The highest BCUT2D eigenvalue weighted by Crippen LogP contribution is 2.42. The van der Waals surface area contributed by atoms with E-state index in [2.05, 4.69) is 15.3 Å². The standard InChI is InChI=1S/C19H21ClN4O4/c1-26-17-13(20)11-21-19(23-17)22-14-6-5-12(15-16(14)28-10-9-27-15)18(25)24-7-3-2-4-8-24/h5-6,11H,2-4,7-10H2,1H3,(H,21,22,23). The molecule has 28 heavy (non-hydrogen) atoms. The van der Waals surface area contributed by atoms with Crippen LogP contribution in [0.4, 0.5) is 11.6 Å². The van der Waals surface area contributed by atoms with Gasteiger partial charge in [-0.25, -0.2) is 4.98 Å². The molecule has 9 heteroatoms. The van der Waals surface area contributed by atoms with Crippen LogP contribution in [0.2, 0.25) is 5.02 Å². The van der Waals surface area contributed by atoms with Crippen LogP contribution in [0.3, 0.4) is 0 Å². The molecule has 1 amide bonds. The van der Waals surface area contributed by atoms with Crippen molar-refractivity contribution in [2.75, 3.05) is 38.7 Å². The van der Waals surface area contributed by atoms with Gasteiger partial charge in [0.2, 0.25) is 11.8 Å². The first-order valence-corrected chi connectivity index (χ1v) is 9.60. The molecular weight excluding hydrogens is 384 g/mol. The van der Waals surface area contributed by atoms with Crippen LogP contribution >= 0.6 is 11.6 Å². The molecule has 0 bridgehead atoms. The number of methoxy groups -OCH3 is 1. The Labute approximate surface area is 167 Å². The Morgan fingerprint density at radius 2 is 1.93 bits per heavy atom. The summed E-state index contributed by atoms with van der Waals surface area (Å²) in [6, 6.07) is 3.52. The molecule has 1 aromatic carbocycles. The predicted octanol–water partition coefficient (Wildman–Crippen LogP) is 3.28. The van der Waals surface area contributed by atoms with Gasteiger partial charge >= 0.3 is 0 Å². The number of aromatic nitrogens is 2. The Morgan fingerprint density at radius 1 is 1.18 bits per heavy atom. The summed E-state index contributed by atoms with van der Waals surface area (Å²) in [4.78, 5) is 23.2. The van der Waals surface area contributed by atoms with Gasteiger partial charge in [-0.2, -0.15) is 4.98 Å². The maximum absolute atomic E-state index is 13.0. The highest BCUT2D eigenvalue weighted by atomic mass is 35.5. The van der Waals surface area contributed by atoms with Crippen LogP contribution in [-0.4, -0.2) is 54.2 Å². The molecule has 0 atom stereocenters. The van der Waals surface area contributed by atoms with Crippen LogP contribution in [0.1, 0.15) is 29.6 Å². The maximum Gasteiger partial charge on any atom is 0.257 e. The lowest BCUT2D eigenvalue weighted by Gasteiger charge is -2.29. The van der Waals surface area contributed by atoms with Crippen LogP contribution < -0.4 is 19.5 Å². The number of hydrogen-bond acceptors (Lipinski definition) is 7. The van der Waals surface area contributed by atoms with E-state index in [-0.39, 0.29) is 11.8 Å². The minimum absolute atomic E-state index is 0.0302. The van der Waals surface area contributed by atoms with Crippen LogP contribution in [0, 0.1) is 0 Å². The number of carbonyl (C=O) groups is 1. The van der Waals surface area contributed by atoms with Crippen molar-refractivity contribution >= 4 is 29.1 Å². The lowest BCUT2D eigenvalue weighted by atomic mass is 10.1. The molecule has 1 saturated heterocycles. The topological polar surface area (TPSA) is 85.8 Å². The van der Waals surface area contributed by atoms with Crippen LogP contribution in [0.25, 0.3) is 0 Å². The molecule has 2 aromatic rings. The number of likely N-dealkylation sites (tertiary alicyclic amines) is 1. The monoisotopic (exact) mass is 404 g/mol. The minimum atomic E-state index is -0.0302. The summed E-state index contributed by atoms with van der Waals surface area (Å²) in [5.74, 6) is 1.46. The molecule has 4 rings (SSSR count). The van der Waals surface area contributed by atoms with E-state index in [9.17, 15) is 4.79 Å². The Bertz CT molecular complexity index is 886. The first-order valence-electron chi connectivity index (χ1n) is 9.23. The average molecular weight is 405 g/mol. The van der Waals surface area contributed by atoms with E-state index in [0.29, 0.717) is 46.9 Å². The number of rotatable bonds is 4. The third kappa shape index (κ3) is 3.64. The van der Waals surface area contributed by atoms with Crippen molar-refractivity contribution in [1.29, 1.82) is 0 Å². The van der Waals surface area contributed by atoms with Gasteiger partial charge < -0.3 is 24.4 Å². The largest absolute Gasteiger partial charge is 0.485 e. The van der Waals surface area contributed by atoms with Gasteiger partial charge in [-0.1, -0.05) is 11.6 Å². The van der Waals surface area contributed by atoms with Gasteiger partial charge in [0.15, 0.2) is 11.5 Å². The van der Waals surface area contributed by atoms with E-state index < -0.39 is 0 Å². The molecule has 1 N–H and O–H groups in total. The second kappa shape index (κ2) is 8.10. The van der Waals surface area contributed by atoms with Gasteiger partial charge in [0.05, 0.1) is 24.6 Å². The van der Waals surface area contributed by atoms with E-state index in [1.165, 1.54) is 13.3 Å². The van der Waals surface area contributed by atoms with E-state index in [0.717, 1.165) is 32.4 Å². The quantitative estimate of drug-likeness (QED) is 0.836. The van der Waals surface area contributed by atoms with Crippen molar-refractivity contribution in [1.82, 2.24) is 14.9 Å². The fourth-order valence-electron chi connectivity index (χ4n) is 3.35. The van der Waals surface area contributed by atoms with Gasteiger partial charge in [0.25, 0.3) is 5.91 Å². The van der Waals surface area contributed by atoms with Crippen molar-refractivity contribution < 1.29 is 19.0 Å². The fraction of sp³-hybridized carbons (Fsp3) is 0.421. The summed E-state index contributed by atoms with van der Waals surface area (Å²) < 4.78 is 16.7. The maximum atomic E-state index is 13.0. The molecule has 1 aromatic heterocycles. The summed E-state index contributed by atoms with van der Waals surface area (Å²) in [7, 11) is 1.48. The molecule has 2 aliphatic heterocycles. The van der Waals surface area contributed by atoms with Gasteiger partial charge in [-0.05, 0) is 31.4 Å². The molecule has 0 unspecified atom stereocenters.